The zero-order valence-electron chi connectivity index (χ0n) is 11.9. The summed E-state index contributed by atoms with van der Waals surface area (Å²) in [4.78, 5) is 10.8. The minimum absolute atomic E-state index is 0.0139. The van der Waals surface area contributed by atoms with Crippen LogP contribution in [-0.2, 0) is 14.8 Å². The number of aryl methyl sites for hydroxylation is 1. The van der Waals surface area contributed by atoms with Crippen LogP contribution in [0.4, 0.5) is 0 Å². The topological polar surface area (TPSA) is 83.9 Å². The summed E-state index contributed by atoms with van der Waals surface area (Å²) < 4.78 is 30.9. The number of carboxylic acids is 1. The molecule has 114 valence electrons. The van der Waals surface area contributed by atoms with E-state index in [0.717, 1.165) is 4.31 Å². The van der Waals surface area contributed by atoms with Crippen LogP contribution in [0.1, 0.15) is 12.5 Å². The number of rotatable bonds is 7. The SMILES string of the molecule is C#CCN(CC(=O)O)S(=O)(=O)c1ccc(OCC)c(C)c1. The van der Waals surface area contributed by atoms with Crippen molar-refractivity contribution in [3.8, 4) is 18.1 Å². The van der Waals surface area contributed by atoms with E-state index in [4.69, 9.17) is 16.3 Å². The molecule has 0 bridgehead atoms. The first-order chi connectivity index (χ1) is 9.82. The Morgan fingerprint density at radius 2 is 2.14 bits per heavy atom. The van der Waals surface area contributed by atoms with Crippen molar-refractivity contribution in [3.05, 3.63) is 23.8 Å². The molecule has 1 aromatic rings. The molecule has 1 aromatic carbocycles. The van der Waals surface area contributed by atoms with Gasteiger partial charge in [0, 0.05) is 0 Å². The number of sulfonamides is 1. The monoisotopic (exact) mass is 311 g/mol. The summed E-state index contributed by atoms with van der Waals surface area (Å²) in [5.41, 5.74) is 0.647. The second-order valence-corrected chi connectivity index (χ2v) is 6.17. The van der Waals surface area contributed by atoms with Gasteiger partial charge in [-0.15, -0.1) is 6.42 Å². The molecule has 0 heterocycles. The molecule has 0 saturated carbocycles. The van der Waals surface area contributed by atoms with E-state index in [9.17, 15) is 13.2 Å². The molecule has 0 fully saturated rings. The van der Waals surface area contributed by atoms with Crippen LogP contribution in [0, 0.1) is 19.3 Å². The molecule has 0 aliphatic rings. The van der Waals surface area contributed by atoms with Gasteiger partial charge < -0.3 is 9.84 Å². The van der Waals surface area contributed by atoms with Gasteiger partial charge in [-0.3, -0.25) is 4.79 Å². The van der Waals surface area contributed by atoms with E-state index in [0.29, 0.717) is 17.9 Å². The van der Waals surface area contributed by atoms with Crippen molar-refractivity contribution in [1.82, 2.24) is 4.31 Å². The number of carbonyl (C=O) groups is 1. The molecule has 0 aliphatic carbocycles. The highest BCUT2D eigenvalue weighted by Gasteiger charge is 2.26. The van der Waals surface area contributed by atoms with Gasteiger partial charge in [-0.25, -0.2) is 8.42 Å². The van der Waals surface area contributed by atoms with Gasteiger partial charge in [-0.2, -0.15) is 4.31 Å². The van der Waals surface area contributed by atoms with Crippen LogP contribution in [0.2, 0.25) is 0 Å². The van der Waals surface area contributed by atoms with Gasteiger partial charge in [0.25, 0.3) is 0 Å². The molecule has 21 heavy (non-hydrogen) atoms. The van der Waals surface area contributed by atoms with E-state index in [1.807, 2.05) is 6.92 Å². The average Bonchev–Trinajstić information content (AvgIpc) is 2.40. The molecule has 0 amide bonds. The molecule has 7 heteroatoms. The molecular weight excluding hydrogens is 294 g/mol. The first-order valence-corrected chi connectivity index (χ1v) is 7.65. The smallest absolute Gasteiger partial charge is 0.318 e. The fraction of sp³-hybridized carbons (Fsp3) is 0.357. The predicted molar refractivity (Wildman–Crippen MR) is 77.6 cm³/mol. The maximum Gasteiger partial charge on any atom is 0.318 e. The van der Waals surface area contributed by atoms with E-state index < -0.39 is 22.5 Å². The highest BCUT2D eigenvalue weighted by molar-refractivity contribution is 7.89. The van der Waals surface area contributed by atoms with Gasteiger partial charge in [-0.05, 0) is 37.6 Å². The largest absolute Gasteiger partial charge is 0.494 e. The molecular formula is C14H17NO5S. The Labute approximate surface area is 124 Å². The number of hydrogen-bond donors (Lipinski definition) is 1. The van der Waals surface area contributed by atoms with Crippen LogP contribution in [0.5, 0.6) is 5.75 Å². The zero-order valence-corrected chi connectivity index (χ0v) is 12.7. The standard InChI is InChI=1S/C14H17NO5S/c1-4-8-15(10-14(16)17)21(18,19)12-6-7-13(20-5-2)11(3)9-12/h1,6-7,9H,5,8,10H2,2-3H3,(H,16,17). The Hall–Kier alpha value is -2.04. The molecule has 1 rings (SSSR count). The van der Waals surface area contributed by atoms with Crippen LogP contribution < -0.4 is 4.74 Å². The summed E-state index contributed by atoms with van der Waals surface area (Å²) in [5, 5.41) is 8.79. The fourth-order valence-corrected chi connectivity index (χ4v) is 3.12. The second-order valence-electron chi connectivity index (χ2n) is 4.23. The minimum Gasteiger partial charge on any atom is -0.494 e. The Morgan fingerprint density at radius 3 is 2.62 bits per heavy atom. The maximum absolute atomic E-state index is 12.4. The fourth-order valence-electron chi connectivity index (χ4n) is 1.73. The van der Waals surface area contributed by atoms with Crippen molar-refractivity contribution >= 4 is 16.0 Å². The summed E-state index contributed by atoms with van der Waals surface area (Å²) in [7, 11) is -3.96. The van der Waals surface area contributed by atoms with Gasteiger partial charge in [0.2, 0.25) is 10.0 Å². The summed E-state index contributed by atoms with van der Waals surface area (Å²) in [6.45, 7) is 3.02. The molecule has 1 N–H and O–H groups in total. The van der Waals surface area contributed by atoms with Crippen LogP contribution >= 0.6 is 0 Å². The summed E-state index contributed by atoms with van der Waals surface area (Å²) in [6, 6.07) is 4.35. The number of terminal acetylenes is 1. The number of carboxylic acid groups (broad SMARTS) is 1. The first-order valence-electron chi connectivity index (χ1n) is 6.21. The number of hydrogen-bond acceptors (Lipinski definition) is 4. The van der Waals surface area contributed by atoms with E-state index in [1.54, 1.807) is 13.0 Å². The molecule has 6 nitrogen and oxygen atoms in total. The number of benzene rings is 1. The lowest BCUT2D eigenvalue weighted by Gasteiger charge is -2.18. The summed E-state index contributed by atoms with van der Waals surface area (Å²) >= 11 is 0. The van der Waals surface area contributed by atoms with Crippen LogP contribution in [0.25, 0.3) is 0 Å². The highest BCUT2D eigenvalue weighted by atomic mass is 32.2. The number of nitrogens with zero attached hydrogens (tertiary/aromatic N) is 1. The molecule has 0 spiro atoms. The molecule has 0 unspecified atom stereocenters. The van der Waals surface area contributed by atoms with Crippen molar-refractivity contribution < 1.29 is 23.1 Å². The highest BCUT2D eigenvalue weighted by Crippen LogP contribution is 2.23. The lowest BCUT2D eigenvalue weighted by atomic mass is 10.2. The van der Waals surface area contributed by atoms with Gasteiger partial charge in [0.15, 0.2) is 0 Å². The Morgan fingerprint density at radius 1 is 1.48 bits per heavy atom. The Bertz CT molecular complexity index is 660. The molecule has 0 aromatic heterocycles. The van der Waals surface area contributed by atoms with Crippen molar-refractivity contribution in [1.29, 1.82) is 0 Å². The van der Waals surface area contributed by atoms with Gasteiger partial charge in [0.05, 0.1) is 18.0 Å². The Kier molecular flexibility index (Phi) is 5.76. The Balaban J connectivity index is 3.19. The second kappa shape index (κ2) is 7.11. The van der Waals surface area contributed by atoms with Crippen molar-refractivity contribution in [2.24, 2.45) is 0 Å². The van der Waals surface area contributed by atoms with Gasteiger partial charge in [0.1, 0.15) is 12.3 Å². The number of ether oxygens (including phenoxy) is 1. The average molecular weight is 311 g/mol. The summed E-state index contributed by atoms with van der Waals surface area (Å²) in [5.74, 6) is 1.47. The van der Waals surface area contributed by atoms with Gasteiger partial charge >= 0.3 is 5.97 Å². The van der Waals surface area contributed by atoms with E-state index in [1.165, 1.54) is 12.1 Å². The zero-order chi connectivity index (χ0) is 16.0. The van der Waals surface area contributed by atoms with Crippen LogP contribution in [0.3, 0.4) is 0 Å². The number of aliphatic carboxylic acids is 1. The van der Waals surface area contributed by atoms with E-state index >= 15 is 0 Å². The van der Waals surface area contributed by atoms with Crippen LogP contribution in [-0.4, -0.2) is 43.5 Å². The summed E-state index contributed by atoms with van der Waals surface area (Å²) in [6.07, 6.45) is 5.10. The maximum atomic E-state index is 12.4. The predicted octanol–water partition coefficient (Wildman–Crippen LogP) is 1.10. The third-order valence-corrected chi connectivity index (χ3v) is 4.45. The quantitative estimate of drug-likeness (QED) is 0.762. The molecule has 0 aliphatic heterocycles. The molecule has 0 saturated heterocycles. The third kappa shape index (κ3) is 4.21. The lowest BCUT2D eigenvalue weighted by Crippen LogP contribution is -2.36. The van der Waals surface area contributed by atoms with E-state index in [2.05, 4.69) is 5.92 Å². The van der Waals surface area contributed by atoms with Crippen molar-refractivity contribution in [3.63, 3.8) is 0 Å². The van der Waals surface area contributed by atoms with Crippen molar-refractivity contribution in [2.45, 2.75) is 18.7 Å². The van der Waals surface area contributed by atoms with E-state index in [-0.39, 0.29) is 11.4 Å². The van der Waals surface area contributed by atoms with Crippen molar-refractivity contribution in [2.75, 3.05) is 19.7 Å². The molecule has 0 radical (unpaired) electrons. The minimum atomic E-state index is -3.96. The normalized spacial score (nSPS) is 11.1. The molecule has 0 atom stereocenters. The van der Waals surface area contributed by atoms with Gasteiger partial charge in [-0.1, -0.05) is 5.92 Å². The lowest BCUT2D eigenvalue weighted by molar-refractivity contribution is -0.137. The third-order valence-electron chi connectivity index (χ3n) is 2.66. The van der Waals surface area contributed by atoms with Crippen LogP contribution in [0.15, 0.2) is 23.1 Å². The first kappa shape index (κ1) is 17.0.